The maximum atomic E-state index is 12.4. The Morgan fingerprint density at radius 2 is 2.00 bits per heavy atom. The van der Waals surface area contributed by atoms with E-state index in [0.717, 1.165) is 16.8 Å². The van der Waals surface area contributed by atoms with Crippen LogP contribution in [0.3, 0.4) is 0 Å². The van der Waals surface area contributed by atoms with E-state index in [0.29, 0.717) is 47.0 Å². The van der Waals surface area contributed by atoms with Crippen molar-refractivity contribution in [2.75, 3.05) is 30.8 Å². The normalized spacial score (nSPS) is 13.5. The van der Waals surface area contributed by atoms with Gasteiger partial charge in [-0.2, -0.15) is 4.98 Å². The van der Waals surface area contributed by atoms with E-state index in [4.69, 9.17) is 5.73 Å². The summed E-state index contributed by atoms with van der Waals surface area (Å²) < 4.78 is 0.634. The van der Waals surface area contributed by atoms with Crippen LogP contribution in [-0.4, -0.2) is 58.0 Å². The molecule has 4 rings (SSSR count). The molecule has 182 valence electrons. The maximum Gasteiger partial charge on any atom is 0.253 e. The summed E-state index contributed by atoms with van der Waals surface area (Å²) in [5.74, 6) is 0.379. The van der Waals surface area contributed by atoms with E-state index in [1.54, 1.807) is 36.3 Å². The number of anilines is 4. The van der Waals surface area contributed by atoms with E-state index in [1.807, 2.05) is 24.3 Å². The number of halogens is 1. The number of carbonyl (C=O) groups excluding carboxylic acids is 2. The van der Waals surface area contributed by atoms with Crippen LogP contribution in [0.15, 0.2) is 53.1 Å². The zero-order valence-corrected chi connectivity index (χ0v) is 20.7. The number of carbonyl (C=O) groups is 2. The maximum absolute atomic E-state index is 12.4. The van der Waals surface area contributed by atoms with E-state index in [-0.39, 0.29) is 18.4 Å². The molecule has 2 aromatic carbocycles. The van der Waals surface area contributed by atoms with Crippen molar-refractivity contribution in [3.63, 3.8) is 0 Å². The highest BCUT2D eigenvalue weighted by Gasteiger charge is 2.25. The fourth-order valence-corrected chi connectivity index (χ4v) is 4.12. The number of hydrogen-bond donors (Lipinski definition) is 5. The van der Waals surface area contributed by atoms with Crippen LogP contribution in [0.1, 0.15) is 21.5 Å². The van der Waals surface area contributed by atoms with E-state index < -0.39 is 6.04 Å². The molecular weight excluding hydrogens is 514 g/mol. The molecule has 0 fully saturated rings. The number of amides is 2. The Kier molecular flexibility index (Phi) is 7.59. The second kappa shape index (κ2) is 10.8. The number of aliphatic hydroxyl groups excluding tert-OH is 1. The summed E-state index contributed by atoms with van der Waals surface area (Å²) in [5, 5.41) is 18.2. The van der Waals surface area contributed by atoms with Gasteiger partial charge in [0.2, 0.25) is 11.9 Å². The number of nitrogens with two attached hydrogens (primary N) is 1. The lowest BCUT2D eigenvalue weighted by Gasteiger charge is -2.30. The molecule has 35 heavy (non-hydrogen) atoms. The number of para-hydroxylation sites is 1. The molecule has 0 spiro atoms. The van der Waals surface area contributed by atoms with Gasteiger partial charge in [-0.05, 0) is 57.7 Å². The lowest BCUT2D eigenvalue weighted by Crippen LogP contribution is -2.47. The second-order valence-corrected chi connectivity index (χ2v) is 8.90. The van der Waals surface area contributed by atoms with Crippen LogP contribution in [0.2, 0.25) is 0 Å². The van der Waals surface area contributed by atoms with Crippen molar-refractivity contribution >= 4 is 50.9 Å². The molecule has 2 amide bonds. The molecule has 11 heteroatoms. The van der Waals surface area contributed by atoms with Crippen molar-refractivity contribution in [1.29, 1.82) is 0 Å². The molecule has 0 radical (unpaired) electrons. The predicted molar refractivity (Wildman–Crippen MR) is 137 cm³/mol. The second-order valence-electron chi connectivity index (χ2n) is 8.05. The number of benzene rings is 2. The third-order valence-corrected chi connectivity index (χ3v) is 6.28. The molecule has 2 heterocycles. The Morgan fingerprint density at radius 1 is 1.20 bits per heavy atom. The van der Waals surface area contributed by atoms with Crippen LogP contribution in [0.5, 0.6) is 0 Å². The number of hydrogen-bond acceptors (Lipinski definition) is 8. The number of nitrogens with zero attached hydrogens (tertiary/aromatic N) is 3. The van der Waals surface area contributed by atoms with Crippen molar-refractivity contribution in [2.24, 2.45) is 5.73 Å². The average Bonchev–Trinajstić information content (AvgIpc) is 2.89. The number of nitrogens with one attached hydrogen (secondary N) is 3. The first kappa shape index (κ1) is 24.6. The monoisotopic (exact) mass is 539 g/mol. The van der Waals surface area contributed by atoms with Gasteiger partial charge in [-0.25, -0.2) is 4.98 Å². The third kappa shape index (κ3) is 5.59. The molecule has 0 aliphatic carbocycles. The quantitative estimate of drug-likeness (QED) is 0.307. The Bertz CT molecular complexity index is 1250. The minimum absolute atomic E-state index is 0.210. The van der Waals surface area contributed by atoms with E-state index in [2.05, 4.69) is 41.8 Å². The van der Waals surface area contributed by atoms with Crippen LogP contribution in [0.4, 0.5) is 23.1 Å². The smallest absolute Gasteiger partial charge is 0.253 e. The summed E-state index contributed by atoms with van der Waals surface area (Å²) in [6.07, 6.45) is 2.34. The van der Waals surface area contributed by atoms with Crippen LogP contribution in [-0.2, 0) is 17.8 Å². The number of fused-ring (bicyclic) bond motifs is 1. The molecule has 0 unspecified atom stereocenters. The zero-order chi connectivity index (χ0) is 24.9. The summed E-state index contributed by atoms with van der Waals surface area (Å²) in [7, 11) is 1.58. The van der Waals surface area contributed by atoms with Gasteiger partial charge < -0.3 is 31.7 Å². The third-order valence-electron chi connectivity index (χ3n) is 5.70. The fourth-order valence-electron chi connectivity index (χ4n) is 3.83. The van der Waals surface area contributed by atoms with E-state index >= 15 is 0 Å². The van der Waals surface area contributed by atoms with Crippen molar-refractivity contribution < 1.29 is 14.7 Å². The Hall–Kier alpha value is -3.54. The van der Waals surface area contributed by atoms with E-state index in [9.17, 15) is 14.7 Å². The van der Waals surface area contributed by atoms with Gasteiger partial charge in [0.15, 0.2) is 0 Å². The topological polar surface area (TPSA) is 146 Å². The fraction of sp³-hybridized carbons (Fsp3) is 0.250. The number of aromatic nitrogens is 2. The van der Waals surface area contributed by atoms with Gasteiger partial charge in [0.25, 0.3) is 5.91 Å². The largest absolute Gasteiger partial charge is 0.394 e. The van der Waals surface area contributed by atoms with Crippen molar-refractivity contribution in [3.05, 3.63) is 69.8 Å². The van der Waals surface area contributed by atoms with Gasteiger partial charge in [-0.3, -0.25) is 9.59 Å². The van der Waals surface area contributed by atoms with Crippen LogP contribution in [0.25, 0.3) is 0 Å². The van der Waals surface area contributed by atoms with Gasteiger partial charge in [-0.15, -0.1) is 0 Å². The molecule has 1 atom stereocenters. The van der Waals surface area contributed by atoms with Gasteiger partial charge in [0, 0.05) is 32.0 Å². The van der Waals surface area contributed by atoms with Gasteiger partial charge in [0.1, 0.15) is 11.9 Å². The number of aliphatic hydroxyl groups is 1. The SMILES string of the molecule is CNC(=O)c1ccccc1Nc1nc(Nc2ccc3c(c2)CN(C(=O)[C@@H](N)CO)CC3)ncc1Br. The van der Waals surface area contributed by atoms with Crippen molar-refractivity contribution in [1.82, 2.24) is 20.2 Å². The van der Waals surface area contributed by atoms with Gasteiger partial charge in [0.05, 0.1) is 22.3 Å². The molecular formula is C24H26BrN7O3. The minimum Gasteiger partial charge on any atom is -0.394 e. The average molecular weight is 540 g/mol. The highest BCUT2D eigenvalue weighted by atomic mass is 79.9. The molecule has 0 bridgehead atoms. The van der Waals surface area contributed by atoms with Crippen LogP contribution >= 0.6 is 15.9 Å². The highest BCUT2D eigenvalue weighted by Crippen LogP contribution is 2.28. The van der Waals surface area contributed by atoms with Crippen LogP contribution in [0, 0.1) is 0 Å². The summed E-state index contributed by atoms with van der Waals surface area (Å²) in [4.78, 5) is 35.2. The molecule has 1 aliphatic rings. The van der Waals surface area contributed by atoms with E-state index in [1.165, 1.54) is 0 Å². The molecule has 3 aromatic rings. The van der Waals surface area contributed by atoms with Crippen molar-refractivity contribution in [2.45, 2.75) is 19.0 Å². The lowest BCUT2D eigenvalue weighted by molar-refractivity contribution is -0.134. The molecule has 0 saturated carbocycles. The molecule has 6 N–H and O–H groups in total. The molecule has 0 saturated heterocycles. The summed E-state index contributed by atoms with van der Waals surface area (Å²) in [6, 6.07) is 12.2. The highest BCUT2D eigenvalue weighted by molar-refractivity contribution is 9.10. The van der Waals surface area contributed by atoms with Crippen molar-refractivity contribution in [3.8, 4) is 0 Å². The van der Waals surface area contributed by atoms with Gasteiger partial charge in [-0.1, -0.05) is 18.2 Å². The first-order valence-electron chi connectivity index (χ1n) is 11.0. The number of rotatable bonds is 7. The lowest BCUT2D eigenvalue weighted by atomic mass is 9.98. The summed E-state index contributed by atoms with van der Waals surface area (Å²) >= 11 is 3.46. The predicted octanol–water partition coefficient (Wildman–Crippen LogP) is 2.29. The molecule has 1 aliphatic heterocycles. The standard InChI is InChI=1S/C24H26BrN7O3/c1-27-22(34)17-4-2-3-5-20(17)30-21-18(25)11-28-24(31-21)29-16-7-6-14-8-9-32(12-15(14)10-16)23(35)19(26)13-33/h2-7,10-11,19,33H,8-9,12-13,26H2,1H3,(H,27,34)(H2,28,29,30,31)/t19-/m0/s1. The zero-order valence-electron chi connectivity index (χ0n) is 19.1. The minimum atomic E-state index is -0.909. The Morgan fingerprint density at radius 3 is 2.77 bits per heavy atom. The molecule has 10 nitrogen and oxygen atoms in total. The van der Waals surface area contributed by atoms with Gasteiger partial charge >= 0.3 is 0 Å². The Labute approximate surface area is 211 Å². The molecule has 1 aromatic heterocycles. The summed E-state index contributed by atoms with van der Waals surface area (Å²) in [6.45, 7) is 0.602. The Balaban J connectivity index is 1.53. The summed E-state index contributed by atoms with van der Waals surface area (Å²) in [5.41, 5.74) is 9.73. The van der Waals surface area contributed by atoms with Crippen LogP contribution < -0.4 is 21.7 Å². The first-order chi connectivity index (χ1) is 16.9. The first-order valence-corrected chi connectivity index (χ1v) is 11.8.